The van der Waals surface area contributed by atoms with Crippen LogP contribution in [0.25, 0.3) is 22.3 Å². The summed E-state index contributed by atoms with van der Waals surface area (Å²) in [6, 6.07) is 6.93. The standard InChI is InChI=1S/C24H30N4O5S/c1-6-27(7-2)24(29)18-13-19(16-8-9-20(32-4)21(12-16)33-5)25-23-22(18)15(3)26-28(23)17-10-11-34(30,31)14-17/h8-9,12-13,17H,6-7,10-11,14H2,1-5H3. The number of carbonyl (C=O) groups is 1. The van der Waals surface area contributed by atoms with Gasteiger partial charge in [-0.1, -0.05) is 0 Å². The van der Waals surface area contributed by atoms with Crippen LogP contribution in [-0.4, -0.2) is 72.8 Å². The van der Waals surface area contributed by atoms with Gasteiger partial charge in [-0.25, -0.2) is 18.1 Å². The van der Waals surface area contributed by atoms with E-state index in [1.54, 1.807) is 35.9 Å². The number of sulfone groups is 1. The first-order valence-corrected chi connectivity index (χ1v) is 13.2. The smallest absolute Gasteiger partial charge is 0.254 e. The first kappa shape index (κ1) is 24.0. The van der Waals surface area contributed by atoms with Crippen LogP contribution in [0.3, 0.4) is 0 Å². The zero-order chi connectivity index (χ0) is 24.6. The number of pyridine rings is 1. The van der Waals surface area contributed by atoms with E-state index in [-0.39, 0.29) is 23.5 Å². The number of rotatable bonds is 7. The molecule has 1 unspecified atom stereocenters. The van der Waals surface area contributed by atoms with Crippen LogP contribution in [0.15, 0.2) is 24.3 Å². The minimum Gasteiger partial charge on any atom is -0.493 e. The second kappa shape index (κ2) is 9.25. The van der Waals surface area contributed by atoms with Crippen molar-refractivity contribution in [2.75, 3.05) is 38.8 Å². The molecule has 0 spiro atoms. The number of carbonyl (C=O) groups excluding carboxylic acids is 1. The van der Waals surface area contributed by atoms with E-state index in [1.165, 1.54) is 0 Å². The fourth-order valence-electron chi connectivity index (χ4n) is 4.53. The molecule has 2 aromatic heterocycles. The molecule has 0 saturated carbocycles. The Morgan fingerprint density at radius 1 is 1.15 bits per heavy atom. The second-order valence-electron chi connectivity index (χ2n) is 8.39. The van der Waals surface area contributed by atoms with Crippen molar-refractivity contribution in [1.82, 2.24) is 19.7 Å². The number of aryl methyl sites for hydroxylation is 1. The van der Waals surface area contributed by atoms with Crippen molar-refractivity contribution >= 4 is 26.8 Å². The minimum atomic E-state index is -3.12. The summed E-state index contributed by atoms with van der Waals surface area (Å²) in [7, 11) is 0.00718. The number of ether oxygens (including phenoxy) is 2. The van der Waals surface area contributed by atoms with Gasteiger partial charge in [-0.05, 0) is 51.5 Å². The quantitative estimate of drug-likeness (QED) is 0.505. The highest BCUT2D eigenvalue weighted by Crippen LogP contribution is 2.35. The molecule has 1 amide bonds. The third-order valence-electron chi connectivity index (χ3n) is 6.35. The normalized spacial score (nSPS) is 17.1. The number of hydrogen-bond acceptors (Lipinski definition) is 7. The number of hydrogen-bond donors (Lipinski definition) is 0. The molecule has 0 aliphatic carbocycles. The lowest BCUT2D eigenvalue weighted by molar-refractivity contribution is 0.0775. The van der Waals surface area contributed by atoms with Crippen LogP contribution in [0.4, 0.5) is 0 Å². The molecule has 1 aliphatic rings. The molecular formula is C24H30N4O5S. The van der Waals surface area contributed by atoms with Gasteiger partial charge in [-0.3, -0.25) is 4.79 Å². The molecule has 9 nitrogen and oxygen atoms in total. The average Bonchev–Trinajstić information content (AvgIpc) is 3.37. The summed E-state index contributed by atoms with van der Waals surface area (Å²) in [5, 5.41) is 5.32. The summed E-state index contributed by atoms with van der Waals surface area (Å²) < 4.78 is 36.8. The van der Waals surface area contributed by atoms with Crippen LogP contribution >= 0.6 is 0 Å². The maximum Gasteiger partial charge on any atom is 0.254 e. The van der Waals surface area contributed by atoms with Crippen LogP contribution < -0.4 is 9.47 Å². The van der Waals surface area contributed by atoms with Crippen molar-refractivity contribution in [1.29, 1.82) is 0 Å². The van der Waals surface area contributed by atoms with E-state index in [2.05, 4.69) is 5.10 Å². The number of amides is 1. The molecule has 3 aromatic rings. The SMILES string of the molecule is CCN(CC)C(=O)c1cc(-c2ccc(OC)c(OC)c2)nc2c1c(C)nn2C1CCS(=O)(=O)C1. The van der Waals surface area contributed by atoms with E-state index in [9.17, 15) is 13.2 Å². The zero-order valence-corrected chi connectivity index (χ0v) is 21.0. The van der Waals surface area contributed by atoms with E-state index in [1.807, 2.05) is 32.9 Å². The molecule has 1 aromatic carbocycles. The number of nitrogens with zero attached hydrogens (tertiary/aromatic N) is 4. The molecule has 3 heterocycles. The van der Waals surface area contributed by atoms with Crippen LogP contribution in [0.5, 0.6) is 11.5 Å². The zero-order valence-electron chi connectivity index (χ0n) is 20.2. The summed E-state index contributed by atoms with van der Waals surface area (Å²) in [6.45, 7) is 6.85. The van der Waals surface area contributed by atoms with Gasteiger partial charge in [-0.15, -0.1) is 0 Å². The highest BCUT2D eigenvalue weighted by atomic mass is 32.2. The van der Waals surface area contributed by atoms with Gasteiger partial charge in [0.2, 0.25) is 0 Å². The minimum absolute atomic E-state index is 0.0187. The third kappa shape index (κ3) is 4.22. The van der Waals surface area contributed by atoms with Crippen LogP contribution in [0, 0.1) is 6.92 Å². The highest BCUT2D eigenvalue weighted by molar-refractivity contribution is 7.91. The van der Waals surface area contributed by atoms with Crippen molar-refractivity contribution in [2.45, 2.75) is 33.2 Å². The molecule has 0 N–H and O–H groups in total. The summed E-state index contributed by atoms with van der Waals surface area (Å²) in [5.74, 6) is 1.17. The maximum absolute atomic E-state index is 13.5. The molecule has 10 heteroatoms. The molecule has 0 radical (unpaired) electrons. The predicted octanol–water partition coefficient (Wildman–Crippen LogP) is 3.27. The lowest BCUT2D eigenvalue weighted by Gasteiger charge is -2.20. The lowest BCUT2D eigenvalue weighted by atomic mass is 10.0. The molecule has 182 valence electrons. The molecule has 1 saturated heterocycles. The van der Waals surface area contributed by atoms with Crippen molar-refractivity contribution in [3.8, 4) is 22.8 Å². The van der Waals surface area contributed by atoms with Crippen molar-refractivity contribution in [2.24, 2.45) is 0 Å². The largest absolute Gasteiger partial charge is 0.493 e. The Kier molecular flexibility index (Phi) is 6.53. The first-order chi connectivity index (χ1) is 16.2. The van der Waals surface area contributed by atoms with E-state index in [0.717, 1.165) is 5.56 Å². The molecule has 4 rings (SSSR count). The fraction of sp³-hybridized carbons (Fsp3) is 0.458. The second-order valence-corrected chi connectivity index (χ2v) is 10.6. The fourth-order valence-corrected chi connectivity index (χ4v) is 6.22. The van der Waals surface area contributed by atoms with Crippen LogP contribution in [-0.2, 0) is 9.84 Å². The summed E-state index contributed by atoms with van der Waals surface area (Å²) >= 11 is 0. The monoisotopic (exact) mass is 486 g/mol. The van der Waals surface area contributed by atoms with Crippen molar-refractivity contribution < 1.29 is 22.7 Å². The number of methoxy groups -OCH3 is 2. The van der Waals surface area contributed by atoms with Crippen molar-refractivity contribution in [3.05, 3.63) is 35.5 Å². The molecule has 1 aliphatic heterocycles. The summed E-state index contributed by atoms with van der Waals surface area (Å²) in [6.07, 6.45) is 0.472. The molecule has 1 fully saturated rings. The number of benzene rings is 1. The number of fused-ring (bicyclic) bond motifs is 1. The first-order valence-electron chi connectivity index (χ1n) is 11.3. The topological polar surface area (TPSA) is 104 Å². The van der Waals surface area contributed by atoms with Gasteiger partial charge < -0.3 is 14.4 Å². The Bertz CT molecular complexity index is 1350. The summed E-state index contributed by atoms with van der Waals surface area (Å²) in [4.78, 5) is 20.2. The third-order valence-corrected chi connectivity index (χ3v) is 8.10. The van der Waals surface area contributed by atoms with E-state index < -0.39 is 9.84 Å². The molecular weight excluding hydrogens is 456 g/mol. The van der Waals surface area contributed by atoms with Gasteiger partial charge in [0.1, 0.15) is 0 Å². The van der Waals surface area contributed by atoms with E-state index in [4.69, 9.17) is 14.5 Å². The number of aromatic nitrogens is 3. The van der Waals surface area contributed by atoms with Crippen LogP contribution in [0.1, 0.15) is 42.4 Å². The molecule has 1 atom stereocenters. The van der Waals surface area contributed by atoms with Gasteiger partial charge in [0.05, 0.1) is 54.1 Å². The maximum atomic E-state index is 13.5. The van der Waals surface area contributed by atoms with Gasteiger partial charge in [-0.2, -0.15) is 5.10 Å². The Balaban J connectivity index is 1.97. The average molecular weight is 487 g/mol. The highest BCUT2D eigenvalue weighted by Gasteiger charge is 2.33. The Hall–Kier alpha value is -3.14. The van der Waals surface area contributed by atoms with Crippen LogP contribution in [0.2, 0.25) is 0 Å². The van der Waals surface area contributed by atoms with Gasteiger partial charge in [0.15, 0.2) is 27.0 Å². The Morgan fingerprint density at radius 3 is 2.44 bits per heavy atom. The lowest BCUT2D eigenvalue weighted by Crippen LogP contribution is -2.30. The Labute approximate surface area is 199 Å². The van der Waals surface area contributed by atoms with Gasteiger partial charge >= 0.3 is 0 Å². The Morgan fingerprint density at radius 2 is 1.85 bits per heavy atom. The van der Waals surface area contributed by atoms with Gasteiger partial charge in [0.25, 0.3) is 5.91 Å². The molecule has 0 bridgehead atoms. The van der Waals surface area contributed by atoms with Crippen molar-refractivity contribution in [3.63, 3.8) is 0 Å². The predicted molar refractivity (Wildman–Crippen MR) is 130 cm³/mol. The van der Waals surface area contributed by atoms with Gasteiger partial charge in [0, 0.05) is 18.7 Å². The summed E-state index contributed by atoms with van der Waals surface area (Å²) in [5.41, 5.74) is 3.00. The van der Waals surface area contributed by atoms with E-state index in [0.29, 0.717) is 59.0 Å². The van der Waals surface area contributed by atoms with E-state index >= 15 is 0 Å². The molecule has 34 heavy (non-hydrogen) atoms.